The monoisotopic (exact) mass is 485 g/mol. The predicted octanol–water partition coefficient (Wildman–Crippen LogP) is 6.00. The fourth-order valence-electron chi connectivity index (χ4n) is 4.91. The Labute approximate surface area is 220 Å². The maximum atomic E-state index is 3.88. The SMILES string of the molecule is CNC[C@H](Cc1ccccc1)NC[C@H](Cc1ccccc1)NCCC(C)c1ccc(CC(C)C)cc1. The molecule has 3 aromatic rings. The number of nitrogens with one attached hydrogen (secondary N) is 3. The van der Waals surface area contributed by atoms with Crippen LogP contribution in [0, 0.1) is 5.92 Å². The van der Waals surface area contributed by atoms with Gasteiger partial charge in [0, 0.05) is 25.2 Å². The van der Waals surface area contributed by atoms with Gasteiger partial charge in [-0.1, -0.05) is 106 Å². The molecule has 3 atom stereocenters. The van der Waals surface area contributed by atoms with E-state index in [2.05, 4.69) is 122 Å². The van der Waals surface area contributed by atoms with Crippen molar-refractivity contribution < 1.29 is 0 Å². The van der Waals surface area contributed by atoms with Gasteiger partial charge >= 0.3 is 0 Å². The van der Waals surface area contributed by atoms with Crippen LogP contribution in [0.2, 0.25) is 0 Å². The smallest absolute Gasteiger partial charge is 0.0233 e. The van der Waals surface area contributed by atoms with Gasteiger partial charge in [0.1, 0.15) is 0 Å². The third-order valence-corrected chi connectivity index (χ3v) is 6.96. The quantitative estimate of drug-likeness (QED) is 0.233. The summed E-state index contributed by atoms with van der Waals surface area (Å²) in [6.45, 7) is 9.84. The molecule has 3 nitrogen and oxygen atoms in total. The second-order valence-corrected chi connectivity index (χ2v) is 10.7. The molecule has 3 rings (SSSR count). The van der Waals surface area contributed by atoms with E-state index in [0.717, 1.165) is 45.3 Å². The fraction of sp³-hybridized carbons (Fsp3) is 0.455. The molecule has 0 saturated carbocycles. The van der Waals surface area contributed by atoms with Gasteiger partial charge in [0.05, 0.1) is 0 Å². The highest BCUT2D eigenvalue weighted by atomic mass is 15.0. The van der Waals surface area contributed by atoms with Crippen molar-refractivity contribution in [3.05, 3.63) is 107 Å². The maximum absolute atomic E-state index is 3.88. The summed E-state index contributed by atoms with van der Waals surface area (Å²) in [6, 6.07) is 31.7. The highest BCUT2D eigenvalue weighted by Crippen LogP contribution is 2.20. The van der Waals surface area contributed by atoms with Gasteiger partial charge in [-0.05, 0) is 73.4 Å². The first-order chi connectivity index (χ1) is 17.5. The lowest BCUT2D eigenvalue weighted by atomic mass is 9.94. The first-order valence-corrected chi connectivity index (χ1v) is 13.8. The minimum Gasteiger partial charge on any atom is -0.318 e. The lowest BCUT2D eigenvalue weighted by Crippen LogP contribution is -2.47. The van der Waals surface area contributed by atoms with Crippen LogP contribution in [-0.4, -0.2) is 38.8 Å². The van der Waals surface area contributed by atoms with E-state index in [9.17, 15) is 0 Å². The lowest BCUT2D eigenvalue weighted by Gasteiger charge is -2.25. The van der Waals surface area contributed by atoms with Crippen LogP contribution in [-0.2, 0) is 19.3 Å². The van der Waals surface area contributed by atoms with Gasteiger partial charge in [0.15, 0.2) is 0 Å². The summed E-state index contributed by atoms with van der Waals surface area (Å²) in [7, 11) is 2.04. The Kier molecular flexibility index (Phi) is 12.2. The minimum absolute atomic E-state index is 0.392. The number of benzene rings is 3. The standard InChI is InChI=1S/C33H47N3/c1-26(2)21-30-15-17-31(18-16-30)27(3)19-20-35-33(23-29-13-9-6-10-14-29)25-36-32(24-34-4)22-28-11-7-5-8-12-28/h5-18,26-27,32-36H,19-25H2,1-4H3/t27?,32-,33-/m0/s1. The molecule has 3 N–H and O–H groups in total. The Hall–Kier alpha value is -2.46. The summed E-state index contributed by atoms with van der Waals surface area (Å²) < 4.78 is 0. The van der Waals surface area contributed by atoms with E-state index in [4.69, 9.17) is 0 Å². The largest absolute Gasteiger partial charge is 0.318 e. The molecule has 0 saturated heterocycles. The summed E-state index contributed by atoms with van der Waals surface area (Å²) in [5.41, 5.74) is 5.66. The summed E-state index contributed by atoms with van der Waals surface area (Å²) in [6.07, 6.45) is 4.36. The van der Waals surface area contributed by atoms with Gasteiger partial charge in [-0.25, -0.2) is 0 Å². The lowest BCUT2D eigenvalue weighted by molar-refractivity contribution is 0.411. The third-order valence-electron chi connectivity index (χ3n) is 6.96. The molecular weight excluding hydrogens is 438 g/mol. The molecule has 0 bridgehead atoms. The summed E-state index contributed by atoms with van der Waals surface area (Å²) in [5, 5.41) is 11.1. The van der Waals surface area contributed by atoms with Crippen LogP contribution in [0.15, 0.2) is 84.9 Å². The van der Waals surface area contributed by atoms with E-state index in [1.165, 1.54) is 22.3 Å². The zero-order valence-electron chi connectivity index (χ0n) is 22.8. The van der Waals surface area contributed by atoms with Gasteiger partial charge < -0.3 is 16.0 Å². The van der Waals surface area contributed by atoms with E-state index >= 15 is 0 Å². The molecule has 0 heterocycles. The van der Waals surface area contributed by atoms with E-state index in [1.807, 2.05) is 7.05 Å². The van der Waals surface area contributed by atoms with Crippen LogP contribution in [0.3, 0.4) is 0 Å². The molecule has 0 spiro atoms. The summed E-state index contributed by atoms with van der Waals surface area (Å²) in [5.74, 6) is 1.25. The Bertz CT molecular complexity index is 953. The van der Waals surface area contributed by atoms with Crippen LogP contribution in [0.4, 0.5) is 0 Å². The molecule has 3 aromatic carbocycles. The first-order valence-electron chi connectivity index (χ1n) is 13.8. The van der Waals surface area contributed by atoms with Gasteiger partial charge in [0.25, 0.3) is 0 Å². The molecule has 194 valence electrons. The normalized spacial score (nSPS) is 14.0. The number of rotatable bonds is 16. The molecule has 0 aromatic heterocycles. The first kappa shape index (κ1) is 28.1. The topological polar surface area (TPSA) is 36.1 Å². The number of hydrogen-bond acceptors (Lipinski definition) is 3. The van der Waals surface area contributed by atoms with Crippen molar-refractivity contribution in [1.82, 2.24) is 16.0 Å². The fourth-order valence-corrected chi connectivity index (χ4v) is 4.91. The molecule has 0 radical (unpaired) electrons. The summed E-state index contributed by atoms with van der Waals surface area (Å²) >= 11 is 0. The van der Waals surface area contributed by atoms with Crippen LogP contribution in [0.5, 0.6) is 0 Å². The Morgan fingerprint density at radius 2 is 1.11 bits per heavy atom. The molecule has 0 aliphatic carbocycles. The van der Waals surface area contributed by atoms with Crippen LogP contribution in [0.1, 0.15) is 55.4 Å². The average molecular weight is 486 g/mol. The molecule has 36 heavy (non-hydrogen) atoms. The van der Waals surface area contributed by atoms with Crippen molar-refractivity contribution in [1.29, 1.82) is 0 Å². The van der Waals surface area contributed by atoms with Crippen LogP contribution >= 0.6 is 0 Å². The van der Waals surface area contributed by atoms with Gasteiger partial charge in [-0.3, -0.25) is 0 Å². The Morgan fingerprint density at radius 1 is 0.583 bits per heavy atom. The number of likely N-dealkylation sites (N-methyl/N-ethyl adjacent to an activating group) is 1. The van der Waals surface area contributed by atoms with Crippen LogP contribution in [0.25, 0.3) is 0 Å². The molecule has 1 unspecified atom stereocenters. The molecule has 0 aliphatic heterocycles. The zero-order chi connectivity index (χ0) is 25.6. The zero-order valence-corrected chi connectivity index (χ0v) is 22.8. The molecule has 0 fully saturated rings. The molecule has 0 amide bonds. The highest BCUT2D eigenvalue weighted by molar-refractivity contribution is 5.25. The Balaban J connectivity index is 1.55. The minimum atomic E-state index is 0.392. The van der Waals surface area contributed by atoms with Crippen molar-refractivity contribution in [3.63, 3.8) is 0 Å². The van der Waals surface area contributed by atoms with E-state index in [-0.39, 0.29) is 0 Å². The van der Waals surface area contributed by atoms with Crippen molar-refractivity contribution in [3.8, 4) is 0 Å². The highest BCUT2D eigenvalue weighted by Gasteiger charge is 2.15. The average Bonchev–Trinajstić information content (AvgIpc) is 2.88. The van der Waals surface area contributed by atoms with Gasteiger partial charge in [-0.15, -0.1) is 0 Å². The van der Waals surface area contributed by atoms with E-state index in [1.54, 1.807) is 0 Å². The van der Waals surface area contributed by atoms with Crippen molar-refractivity contribution in [2.75, 3.05) is 26.7 Å². The Morgan fingerprint density at radius 3 is 1.64 bits per heavy atom. The van der Waals surface area contributed by atoms with E-state index < -0.39 is 0 Å². The third kappa shape index (κ3) is 10.3. The van der Waals surface area contributed by atoms with Crippen LogP contribution < -0.4 is 16.0 Å². The molecule has 3 heteroatoms. The van der Waals surface area contributed by atoms with Gasteiger partial charge in [0.2, 0.25) is 0 Å². The summed E-state index contributed by atoms with van der Waals surface area (Å²) in [4.78, 5) is 0. The van der Waals surface area contributed by atoms with Crippen molar-refractivity contribution >= 4 is 0 Å². The van der Waals surface area contributed by atoms with E-state index in [0.29, 0.717) is 23.9 Å². The van der Waals surface area contributed by atoms with Gasteiger partial charge in [-0.2, -0.15) is 0 Å². The van der Waals surface area contributed by atoms with Crippen molar-refractivity contribution in [2.24, 2.45) is 5.92 Å². The molecule has 0 aliphatic rings. The second kappa shape index (κ2) is 15.6. The second-order valence-electron chi connectivity index (χ2n) is 10.7. The predicted molar refractivity (Wildman–Crippen MR) is 156 cm³/mol. The van der Waals surface area contributed by atoms with Crippen molar-refractivity contribution in [2.45, 2.75) is 64.5 Å². The molecular formula is C33H47N3. The number of hydrogen-bond donors (Lipinski definition) is 3. The maximum Gasteiger partial charge on any atom is 0.0233 e.